The molecule has 1 heterocycles. The monoisotopic (exact) mass is 371 g/mol. The number of anilines is 1. The molecule has 7 heteroatoms. The first kappa shape index (κ1) is 20.2. The lowest BCUT2D eigenvalue weighted by molar-refractivity contribution is -0.116. The van der Waals surface area contributed by atoms with Gasteiger partial charge in [-0.2, -0.15) is 0 Å². The van der Waals surface area contributed by atoms with Crippen molar-refractivity contribution in [3.05, 3.63) is 54.0 Å². The second-order valence-electron chi connectivity index (χ2n) is 5.91. The van der Waals surface area contributed by atoms with E-state index in [0.717, 1.165) is 0 Å². The van der Waals surface area contributed by atoms with E-state index >= 15 is 0 Å². The van der Waals surface area contributed by atoms with Crippen molar-refractivity contribution in [2.75, 3.05) is 25.0 Å². The number of nitrogens with zero attached hydrogens (tertiary/aromatic N) is 1. The van der Waals surface area contributed by atoms with Gasteiger partial charge in [0.2, 0.25) is 5.91 Å². The smallest absolute Gasteiger partial charge is 0.286 e. The first-order valence-electron chi connectivity index (χ1n) is 9.06. The summed E-state index contributed by atoms with van der Waals surface area (Å²) < 4.78 is 5.00. The third-order valence-electron chi connectivity index (χ3n) is 4.09. The van der Waals surface area contributed by atoms with E-state index in [1.807, 2.05) is 13.8 Å². The minimum absolute atomic E-state index is 0.110. The van der Waals surface area contributed by atoms with Crippen LogP contribution in [0.5, 0.6) is 0 Å². The molecule has 0 aliphatic rings. The molecule has 0 aliphatic carbocycles. The zero-order chi connectivity index (χ0) is 19.6. The summed E-state index contributed by atoms with van der Waals surface area (Å²) in [6.07, 6.45) is 2.13. The number of amides is 3. The third kappa shape index (κ3) is 5.70. The van der Waals surface area contributed by atoms with E-state index in [4.69, 9.17) is 4.42 Å². The molecule has 0 saturated heterocycles. The Kier molecular flexibility index (Phi) is 7.61. The Morgan fingerprint density at radius 3 is 2.44 bits per heavy atom. The van der Waals surface area contributed by atoms with Gasteiger partial charge in [0.15, 0.2) is 5.76 Å². The molecule has 0 radical (unpaired) electrons. The molecule has 0 saturated carbocycles. The van der Waals surface area contributed by atoms with Crippen molar-refractivity contribution in [2.24, 2.45) is 0 Å². The summed E-state index contributed by atoms with van der Waals surface area (Å²) in [7, 11) is 0. The Hall–Kier alpha value is -3.09. The van der Waals surface area contributed by atoms with Gasteiger partial charge in [-0.05, 0) is 44.5 Å². The second kappa shape index (κ2) is 10.2. The van der Waals surface area contributed by atoms with Crippen LogP contribution in [-0.4, -0.2) is 42.3 Å². The average Bonchev–Trinajstić information content (AvgIpc) is 3.21. The molecule has 0 unspecified atom stereocenters. The fraction of sp³-hybridized carbons (Fsp3) is 0.350. The van der Waals surface area contributed by atoms with Crippen LogP contribution < -0.4 is 10.6 Å². The lowest BCUT2D eigenvalue weighted by Crippen LogP contribution is -2.31. The van der Waals surface area contributed by atoms with E-state index in [9.17, 15) is 14.4 Å². The molecule has 2 rings (SSSR count). The lowest BCUT2D eigenvalue weighted by Gasteiger charge is -2.20. The maximum Gasteiger partial charge on any atom is 0.286 e. The summed E-state index contributed by atoms with van der Waals surface area (Å²) in [6.45, 7) is 5.40. The molecule has 27 heavy (non-hydrogen) atoms. The van der Waals surface area contributed by atoms with Crippen LogP contribution in [0.25, 0.3) is 0 Å². The molecule has 1 aromatic heterocycles. The number of benzene rings is 1. The highest BCUT2D eigenvalue weighted by molar-refractivity contribution is 6.03. The summed E-state index contributed by atoms with van der Waals surface area (Å²) >= 11 is 0. The number of nitrogens with one attached hydrogen (secondary N) is 2. The summed E-state index contributed by atoms with van der Waals surface area (Å²) in [4.78, 5) is 38.2. The summed E-state index contributed by atoms with van der Waals surface area (Å²) in [5.74, 6) is -0.387. The quantitative estimate of drug-likeness (QED) is 0.663. The number of rotatable bonds is 9. The summed E-state index contributed by atoms with van der Waals surface area (Å²) in [6, 6.07) is 10.2. The topological polar surface area (TPSA) is 91.7 Å². The van der Waals surface area contributed by atoms with E-state index in [-0.39, 0.29) is 29.9 Å². The molecule has 144 valence electrons. The van der Waals surface area contributed by atoms with Gasteiger partial charge in [-0.3, -0.25) is 14.4 Å². The van der Waals surface area contributed by atoms with Crippen LogP contribution in [0.3, 0.4) is 0 Å². The molecule has 2 aromatic rings. The molecule has 7 nitrogen and oxygen atoms in total. The summed E-state index contributed by atoms with van der Waals surface area (Å²) in [5, 5.41) is 5.48. The normalized spacial score (nSPS) is 10.3. The number of carbonyl (C=O) groups excluding carboxylic acids is 3. The van der Waals surface area contributed by atoms with Gasteiger partial charge < -0.3 is 20.0 Å². The number of para-hydroxylation sites is 1. The summed E-state index contributed by atoms with van der Waals surface area (Å²) in [5.41, 5.74) is 0.972. The fourth-order valence-electron chi connectivity index (χ4n) is 2.62. The van der Waals surface area contributed by atoms with E-state index in [1.165, 1.54) is 6.26 Å². The van der Waals surface area contributed by atoms with E-state index < -0.39 is 0 Å². The predicted molar refractivity (Wildman–Crippen MR) is 103 cm³/mol. The van der Waals surface area contributed by atoms with Crippen LogP contribution in [0, 0.1) is 0 Å². The Labute approximate surface area is 158 Å². The Morgan fingerprint density at radius 1 is 1.04 bits per heavy atom. The SMILES string of the molecule is CCN(CC)C(=O)c1ccccc1NC(=O)CCCNC(=O)c1ccco1. The molecule has 0 bridgehead atoms. The molecule has 0 fully saturated rings. The molecule has 0 spiro atoms. The van der Waals surface area contributed by atoms with Crippen molar-refractivity contribution < 1.29 is 18.8 Å². The van der Waals surface area contributed by atoms with Crippen molar-refractivity contribution in [2.45, 2.75) is 26.7 Å². The van der Waals surface area contributed by atoms with Crippen LogP contribution in [0.1, 0.15) is 47.6 Å². The highest BCUT2D eigenvalue weighted by atomic mass is 16.3. The van der Waals surface area contributed by atoms with E-state index in [2.05, 4.69) is 10.6 Å². The average molecular weight is 371 g/mol. The minimum atomic E-state index is -0.310. The predicted octanol–water partition coefficient (Wildman–Crippen LogP) is 2.91. The lowest BCUT2D eigenvalue weighted by atomic mass is 10.1. The zero-order valence-electron chi connectivity index (χ0n) is 15.7. The molecular formula is C20H25N3O4. The van der Waals surface area contributed by atoms with Crippen molar-refractivity contribution in [1.29, 1.82) is 0 Å². The van der Waals surface area contributed by atoms with Gasteiger partial charge in [-0.15, -0.1) is 0 Å². The number of hydrogen-bond acceptors (Lipinski definition) is 4. The largest absolute Gasteiger partial charge is 0.459 e. The molecular weight excluding hydrogens is 346 g/mol. The van der Waals surface area contributed by atoms with Crippen LogP contribution >= 0.6 is 0 Å². The van der Waals surface area contributed by atoms with Gasteiger partial charge in [0.1, 0.15) is 0 Å². The first-order chi connectivity index (χ1) is 13.1. The van der Waals surface area contributed by atoms with Crippen molar-refractivity contribution >= 4 is 23.4 Å². The standard InChI is InChI=1S/C20H25N3O4/c1-3-23(4-2)20(26)15-9-5-6-10-16(15)22-18(24)12-7-13-21-19(25)17-11-8-14-27-17/h5-6,8-11,14H,3-4,7,12-13H2,1-2H3,(H,21,25)(H,22,24). The van der Waals surface area contributed by atoms with E-state index in [0.29, 0.717) is 37.3 Å². The molecule has 0 aliphatic heterocycles. The van der Waals surface area contributed by atoms with Crippen LogP contribution in [0.15, 0.2) is 47.1 Å². The van der Waals surface area contributed by atoms with Crippen molar-refractivity contribution in [3.8, 4) is 0 Å². The van der Waals surface area contributed by atoms with Gasteiger partial charge in [-0.25, -0.2) is 0 Å². The Balaban J connectivity index is 1.85. The second-order valence-corrected chi connectivity index (χ2v) is 5.91. The molecule has 3 amide bonds. The van der Waals surface area contributed by atoms with Gasteiger partial charge in [0.25, 0.3) is 11.8 Å². The Morgan fingerprint density at radius 2 is 1.78 bits per heavy atom. The van der Waals surface area contributed by atoms with Gasteiger partial charge >= 0.3 is 0 Å². The van der Waals surface area contributed by atoms with Crippen molar-refractivity contribution in [1.82, 2.24) is 10.2 Å². The van der Waals surface area contributed by atoms with Gasteiger partial charge in [-0.1, -0.05) is 12.1 Å². The molecule has 0 atom stereocenters. The van der Waals surface area contributed by atoms with Crippen LogP contribution in [0.4, 0.5) is 5.69 Å². The maximum absolute atomic E-state index is 12.6. The van der Waals surface area contributed by atoms with Crippen LogP contribution in [0.2, 0.25) is 0 Å². The van der Waals surface area contributed by atoms with Crippen LogP contribution in [-0.2, 0) is 4.79 Å². The molecule has 2 N–H and O–H groups in total. The zero-order valence-corrected chi connectivity index (χ0v) is 15.7. The fourth-order valence-corrected chi connectivity index (χ4v) is 2.62. The third-order valence-corrected chi connectivity index (χ3v) is 4.09. The van der Waals surface area contributed by atoms with Gasteiger partial charge in [0.05, 0.1) is 17.5 Å². The maximum atomic E-state index is 12.6. The van der Waals surface area contributed by atoms with Crippen molar-refractivity contribution in [3.63, 3.8) is 0 Å². The number of carbonyl (C=O) groups is 3. The minimum Gasteiger partial charge on any atom is -0.459 e. The number of hydrogen-bond donors (Lipinski definition) is 2. The molecule has 1 aromatic carbocycles. The van der Waals surface area contributed by atoms with Gasteiger partial charge in [0, 0.05) is 26.1 Å². The highest BCUT2D eigenvalue weighted by Crippen LogP contribution is 2.17. The first-order valence-corrected chi connectivity index (χ1v) is 9.06. The van der Waals surface area contributed by atoms with E-state index in [1.54, 1.807) is 41.3 Å². The highest BCUT2D eigenvalue weighted by Gasteiger charge is 2.17. The number of furan rings is 1. The Bertz CT molecular complexity index is 767.